The Labute approximate surface area is 222 Å². The second-order valence-electron chi connectivity index (χ2n) is 9.78. The number of likely N-dealkylation sites (N-methyl/N-ethyl adjacent to an activating group) is 1. The quantitative estimate of drug-likeness (QED) is 0.325. The van der Waals surface area contributed by atoms with Crippen LogP contribution in [0.2, 0.25) is 0 Å². The summed E-state index contributed by atoms with van der Waals surface area (Å²) in [5, 5.41) is 11.5. The molecule has 3 heterocycles. The van der Waals surface area contributed by atoms with Crippen molar-refractivity contribution < 1.29 is 29.0 Å². The average molecular weight is 520 g/mol. The monoisotopic (exact) mass is 519 g/mol. The van der Waals surface area contributed by atoms with Crippen molar-refractivity contribution in [1.29, 1.82) is 0 Å². The van der Waals surface area contributed by atoms with Crippen LogP contribution in [0.4, 0.5) is 5.69 Å². The number of amides is 2. The van der Waals surface area contributed by atoms with Gasteiger partial charge in [-0.3, -0.25) is 19.3 Å². The van der Waals surface area contributed by atoms with Crippen molar-refractivity contribution in [3.8, 4) is 5.75 Å². The van der Waals surface area contributed by atoms with Gasteiger partial charge in [-0.25, -0.2) is 0 Å². The first-order valence-electron chi connectivity index (χ1n) is 13.1. The van der Waals surface area contributed by atoms with Crippen molar-refractivity contribution in [1.82, 2.24) is 9.80 Å². The summed E-state index contributed by atoms with van der Waals surface area (Å²) in [4.78, 5) is 46.3. The smallest absolute Gasteiger partial charge is 0.296 e. The van der Waals surface area contributed by atoms with Gasteiger partial charge in [0.15, 0.2) is 5.54 Å². The molecule has 1 atom stereocenters. The molecular formula is C29H33N3O6. The Morgan fingerprint density at radius 3 is 2.45 bits per heavy atom. The molecule has 2 aromatic rings. The summed E-state index contributed by atoms with van der Waals surface area (Å²) >= 11 is 0. The summed E-state index contributed by atoms with van der Waals surface area (Å²) in [6.07, 6.45) is 1.42. The summed E-state index contributed by atoms with van der Waals surface area (Å²) in [6, 6.07) is 13.8. The van der Waals surface area contributed by atoms with Crippen LogP contribution in [0, 0.1) is 0 Å². The molecule has 2 aromatic carbocycles. The Morgan fingerprint density at radius 1 is 1.03 bits per heavy atom. The molecule has 9 heteroatoms. The van der Waals surface area contributed by atoms with Gasteiger partial charge in [0.25, 0.3) is 17.6 Å². The summed E-state index contributed by atoms with van der Waals surface area (Å²) in [5.41, 5.74) is -0.474. The fourth-order valence-corrected chi connectivity index (χ4v) is 5.62. The molecule has 0 aliphatic carbocycles. The van der Waals surface area contributed by atoms with Crippen molar-refractivity contribution in [2.24, 2.45) is 0 Å². The maximum absolute atomic E-state index is 14.1. The first-order valence-corrected chi connectivity index (χ1v) is 13.1. The average Bonchev–Trinajstić information content (AvgIpc) is 3.31. The number of morpholine rings is 1. The number of ketones is 1. The summed E-state index contributed by atoms with van der Waals surface area (Å²) in [6.45, 7) is 6.37. The molecule has 0 saturated carbocycles. The van der Waals surface area contributed by atoms with Gasteiger partial charge in [-0.15, -0.1) is 0 Å². The maximum atomic E-state index is 14.1. The van der Waals surface area contributed by atoms with E-state index in [0.717, 1.165) is 19.5 Å². The molecule has 0 bridgehead atoms. The highest BCUT2D eigenvalue weighted by Crippen LogP contribution is 2.53. The number of Topliss-reactive ketones (excluding diaryl/α,β-unsaturated/α-hetero) is 1. The number of para-hydroxylation sites is 1. The largest absolute Gasteiger partial charge is 0.507 e. The van der Waals surface area contributed by atoms with Crippen molar-refractivity contribution >= 4 is 29.0 Å². The molecule has 1 spiro atoms. The minimum Gasteiger partial charge on any atom is -0.507 e. The molecule has 0 unspecified atom stereocenters. The molecule has 0 aromatic heterocycles. The molecule has 0 radical (unpaired) electrons. The predicted octanol–water partition coefficient (Wildman–Crippen LogP) is 2.75. The van der Waals surface area contributed by atoms with Gasteiger partial charge in [-0.1, -0.05) is 25.1 Å². The van der Waals surface area contributed by atoms with Crippen LogP contribution in [-0.2, 0) is 24.7 Å². The number of aliphatic hydroxyl groups is 1. The summed E-state index contributed by atoms with van der Waals surface area (Å²) in [7, 11) is 1.63. The zero-order valence-electron chi connectivity index (χ0n) is 21.8. The number of nitrogens with zero attached hydrogens (tertiary/aromatic N) is 3. The number of hydrogen-bond donors (Lipinski definition) is 1. The molecular weight excluding hydrogens is 486 g/mol. The van der Waals surface area contributed by atoms with E-state index in [1.54, 1.807) is 55.6 Å². The van der Waals surface area contributed by atoms with Crippen molar-refractivity contribution in [3.05, 3.63) is 65.2 Å². The van der Waals surface area contributed by atoms with Crippen LogP contribution in [0.5, 0.6) is 5.75 Å². The van der Waals surface area contributed by atoms with Crippen LogP contribution in [0.1, 0.15) is 30.9 Å². The minimum absolute atomic E-state index is 0.191. The summed E-state index contributed by atoms with van der Waals surface area (Å²) in [5.74, 6) is -1.83. The Bertz CT molecular complexity index is 1270. The number of anilines is 1. The SMILES string of the molecule is CCCOc1ccc(C(O)=C2C(=O)C(=O)N(CCCN3CCOCC3)[C@@]23C(=O)N(C)c2ccccc23)cc1. The van der Waals surface area contributed by atoms with E-state index in [-0.39, 0.29) is 17.9 Å². The molecule has 3 aliphatic heterocycles. The third kappa shape index (κ3) is 4.16. The number of rotatable bonds is 8. The number of aliphatic hydroxyl groups excluding tert-OH is 1. The van der Waals surface area contributed by atoms with E-state index in [1.165, 1.54) is 9.80 Å². The van der Waals surface area contributed by atoms with Crippen LogP contribution >= 0.6 is 0 Å². The fourth-order valence-electron chi connectivity index (χ4n) is 5.62. The number of carbonyl (C=O) groups excluding carboxylic acids is 3. The predicted molar refractivity (Wildman–Crippen MR) is 142 cm³/mol. The second kappa shape index (κ2) is 10.6. The highest BCUT2D eigenvalue weighted by atomic mass is 16.5. The van der Waals surface area contributed by atoms with Crippen LogP contribution in [0.3, 0.4) is 0 Å². The highest BCUT2D eigenvalue weighted by Gasteiger charge is 2.66. The van der Waals surface area contributed by atoms with E-state index < -0.39 is 23.1 Å². The van der Waals surface area contributed by atoms with Gasteiger partial charge in [0, 0.05) is 50.0 Å². The third-order valence-electron chi connectivity index (χ3n) is 7.50. The van der Waals surface area contributed by atoms with Crippen LogP contribution in [-0.4, -0.2) is 85.6 Å². The number of hydrogen-bond acceptors (Lipinski definition) is 7. The maximum Gasteiger partial charge on any atom is 0.296 e. The Hall–Kier alpha value is -3.69. The normalized spacial score (nSPS) is 22.9. The van der Waals surface area contributed by atoms with Gasteiger partial charge >= 0.3 is 0 Å². The van der Waals surface area contributed by atoms with E-state index in [1.807, 2.05) is 6.92 Å². The first kappa shape index (κ1) is 25.9. The number of ether oxygens (including phenoxy) is 2. The molecule has 2 saturated heterocycles. The van der Waals surface area contributed by atoms with Crippen LogP contribution in [0.25, 0.3) is 5.76 Å². The zero-order chi connectivity index (χ0) is 26.9. The van der Waals surface area contributed by atoms with E-state index in [9.17, 15) is 19.5 Å². The van der Waals surface area contributed by atoms with E-state index in [4.69, 9.17) is 9.47 Å². The Kier molecular flexibility index (Phi) is 7.23. The van der Waals surface area contributed by atoms with Gasteiger partial charge in [0.1, 0.15) is 11.5 Å². The van der Waals surface area contributed by atoms with Crippen molar-refractivity contribution in [3.63, 3.8) is 0 Å². The number of likely N-dealkylation sites (tertiary alicyclic amines) is 1. The fraction of sp³-hybridized carbons (Fsp3) is 0.414. The van der Waals surface area contributed by atoms with Crippen molar-refractivity contribution in [2.45, 2.75) is 25.3 Å². The van der Waals surface area contributed by atoms with Gasteiger partial charge < -0.3 is 24.4 Å². The van der Waals surface area contributed by atoms with Crippen LogP contribution < -0.4 is 9.64 Å². The summed E-state index contributed by atoms with van der Waals surface area (Å²) < 4.78 is 11.1. The lowest BCUT2D eigenvalue weighted by molar-refractivity contribution is -0.143. The highest BCUT2D eigenvalue weighted by molar-refractivity contribution is 6.50. The second-order valence-corrected chi connectivity index (χ2v) is 9.78. The molecule has 9 nitrogen and oxygen atoms in total. The lowest BCUT2D eigenvalue weighted by Gasteiger charge is -2.35. The molecule has 3 aliphatic rings. The standard InChI is InChI=1S/C29H33N3O6/c1-3-17-38-21-11-9-20(10-12-21)25(33)24-26(34)27(35)32(14-6-13-31-15-18-37-19-16-31)29(24)22-7-4-5-8-23(22)30(2)28(29)36/h4-5,7-12,33H,3,6,13-19H2,1-2H3/t29-/m1/s1. The van der Waals surface area contributed by atoms with Gasteiger partial charge in [-0.05, 0) is 43.2 Å². The Balaban J connectivity index is 1.58. The van der Waals surface area contributed by atoms with E-state index in [0.29, 0.717) is 55.4 Å². The van der Waals surface area contributed by atoms with Gasteiger partial charge in [0.2, 0.25) is 0 Å². The number of benzene rings is 2. The minimum atomic E-state index is -1.73. The van der Waals surface area contributed by atoms with Gasteiger partial charge in [-0.2, -0.15) is 0 Å². The van der Waals surface area contributed by atoms with Crippen molar-refractivity contribution in [2.75, 3.05) is 57.9 Å². The number of carbonyl (C=O) groups is 3. The number of fused-ring (bicyclic) bond motifs is 2. The first-order chi connectivity index (χ1) is 18.4. The molecule has 200 valence electrons. The molecule has 1 N–H and O–H groups in total. The van der Waals surface area contributed by atoms with E-state index >= 15 is 0 Å². The zero-order valence-corrected chi connectivity index (χ0v) is 21.8. The molecule has 5 rings (SSSR count). The topological polar surface area (TPSA) is 99.6 Å². The third-order valence-corrected chi connectivity index (χ3v) is 7.50. The lowest BCUT2D eigenvalue weighted by atomic mass is 9.82. The van der Waals surface area contributed by atoms with Gasteiger partial charge in [0.05, 0.1) is 25.4 Å². The molecule has 2 amide bonds. The Morgan fingerprint density at radius 2 is 1.74 bits per heavy atom. The van der Waals surface area contributed by atoms with Crippen LogP contribution in [0.15, 0.2) is 54.1 Å². The van der Waals surface area contributed by atoms with E-state index in [2.05, 4.69) is 4.90 Å². The lowest BCUT2D eigenvalue weighted by Crippen LogP contribution is -2.52. The molecule has 2 fully saturated rings. The molecule has 38 heavy (non-hydrogen) atoms.